The van der Waals surface area contributed by atoms with Crippen LogP contribution in [0.25, 0.3) is 11.0 Å². The van der Waals surface area contributed by atoms with Crippen LogP contribution in [0.2, 0.25) is 0 Å². The minimum absolute atomic E-state index is 0.0740. The van der Waals surface area contributed by atoms with Gasteiger partial charge in [0.05, 0.1) is 22.1 Å². The number of nitrogens with one attached hydrogen (secondary N) is 1. The molecular weight excluding hydrogens is 380 g/mol. The second kappa shape index (κ2) is 7.53. The number of fused-ring (bicyclic) bond motifs is 1. The predicted octanol–water partition coefficient (Wildman–Crippen LogP) is 1.59. The normalized spacial score (nSPS) is 11.7. The van der Waals surface area contributed by atoms with E-state index in [0.717, 1.165) is 4.31 Å². The van der Waals surface area contributed by atoms with Gasteiger partial charge in [0.15, 0.2) is 0 Å². The molecule has 0 aliphatic carbocycles. The van der Waals surface area contributed by atoms with Crippen LogP contribution in [0.5, 0.6) is 0 Å². The molecule has 1 amide bonds. The van der Waals surface area contributed by atoms with Gasteiger partial charge in [-0.25, -0.2) is 17.7 Å². The number of benzene rings is 2. The summed E-state index contributed by atoms with van der Waals surface area (Å²) in [6.45, 7) is 1.54. The molecule has 28 heavy (non-hydrogen) atoms. The van der Waals surface area contributed by atoms with Crippen molar-refractivity contribution in [3.63, 3.8) is 0 Å². The van der Waals surface area contributed by atoms with Crippen molar-refractivity contribution >= 4 is 32.7 Å². The summed E-state index contributed by atoms with van der Waals surface area (Å²) in [5, 5.41) is 2.70. The van der Waals surface area contributed by atoms with E-state index >= 15 is 0 Å². The van der Waals surface area contributed by atoms with Crippen LogP contribution < -0.4 is 10.9 Å². The molecule has 146 valence electrons. The smallest absolute Gasteiger partial charge is 0.269 e. The first-order chi connectivity index (χ1) is 13.2. The van der Waals surface area contributed by atoms with Crippen molar-refractivity contribution in [2.24, 2.45) is 0 Å². The van der Waals surface area contributed by atoms with Gasteiger partial charge >= 0.3 is 0 Å². The summed E-state index contributed by atoms with van der Waals surface area (Å²) in [7, 11) is -0.750. The highest BCUT2D eigenvalue weighted by Gasteiger charge is 2.19. The average molecular weight is 400 g/mol. The van der Waals surface area contributed by atoms with E-state index in [2.05, 4.69) is 10.3 Å². The molecule has 3 rings (SSSR count). The van der Waals surface area contributed by atoms with Gasteiger partial charge in [0.25, 0.3) is 5.56 Å². The Morgan fingerprint density at radius 2 is 1.89 bits per heavy atom. The second-order valence-corrected chi connectivity index (χ2v) is 8.64. The van der Waals surface area contributed by atoms with Crippen molar-refractivity contribution < 1.29 is 13.2 Å². The van der Waals surface area contributed by atoms with Gasteiger partial charge in [0.2, 0.25) is 15.9 Å². The monoisotopic (exact) mass is 400 g/mol. The highest BCUT2D eigenvalue weighted by molar-refractivity contribution is 7.89. The number of para-hydroxylation sites is 2. The Bertz CT molecular complexity index is 1220. The Kier molecular flexibility index (Phi) is 5.30. The van der Waals surface area contributed by atoms with Gasteiger partial charge in [-0.05, 0) is 36.8 Å². The van der Waals surface area contributed by atoms with Crippen molar-refractivity contribution in [1.29, 1.82) is 0 Å². The molecule has 9 heteroatoms. The van der Waals surface area contributed by atoms with Crippen LogP contribution in [-0.4, -0.2) is 42.3 Å². The second-order valence-electron chi connectivity index (χ2n) is 6.48. The van der Waals surface area contributed by atoms with Crippen molar-refractivity contribution in [3.05, 3.63) is 64.6 Å². The number of aromatic nitrogens is 2. The minimum atomic E-state index is -3.63. The summed E-state index contributed by atoms with van der Waals surface area (Å²) in [5.74, 6) is -0.444. The third-order valence-corrected chi connectivity index (χ3v) is 6.13. The molecule has 0 atom stereocenters. The molecule has 0 spiro atoms. The first-order valence-corrected chi connectivity index (χ1v) is 9.92. The molecule has 0 saturated heterocycles. The Labute approximate surface area is 162 Å². The van der Waals surface area contributed by atoms with Gasteiger partial charge in [-0.15, -0.1) is 0 Å². The maximum atomic E-state index is 12.6. The summed E-state index contributed by atoms with van der Waals surface area (Å²) in [6, 6.07) is 11.6. The van der Waals surface area contributed by atoms with Crippen LogP contribution in [0, 0.1) is 6.92 Å². The topological polar surface area (TPSA) is 101 Å². The molecule has 1 aromatic heterocycles. The minimum Gasteiger partial charge on any atom is -0.324 e. The summed E-state index contributed by atoms with van der Waals surface area (Å²) < 4.78 is 27.1. The molecular formula is C19H20N4O4S. The molecule has 8 nitrogen and oxygen atoms in total. The van der Waals surface area contributed by atoms with E-state index in [1.807, 2.05) is 0 Å². The molecule has 2 aromatic carbocycles. The molecule has 0 bridgehead atoms. The fraction of sp³-hybridized carbons (Fsp3) is 0.211. The maximum Gasteiger partial charge on any atom is 0.269 e. The van der Waals surface area contributed by atoms with Gasteiger partial charge in [-0.3, -0.25) is 14.2 Å². The number of carbonyl (C=O) groups excluding carboxylic acids is 1. The number of nitrogens with zero attached hydrogens (tertiary/aromatic N) is 3. The number of hydrogen-bond donors (Lipinski definition) is 1. The van der Waals surface area contributed by atoms with Crippen molar-refractivity contribution in [2.45, 2.75) is 18.4 Å². The zero-order valence-corrected chi connectivity index (χ0v) is 16.5. The van der Waals surface area contributed by atoms with E-state index in [9.17, 15) is 18.0 Å². The van der Waals surface area contributed by atoms with Gasteiger partial charge in [-0.2, -0.15) is 0 Å². The first kappa shape index (κ1) is 19.7. The fourth-order valence-electron chi connectivity index (χ4n) is 2.72. The number of carbonyl (C=O) groups is 1. The molecule has 0 aliphatic heterocycles. The summed E-state index contributed by atoms with van der Waals surface area (Å²) >= 11 is 0. The highest BCUT2D eigenvalue weighted by atomic mass is 32.2. The maximum absolute atomic E-state index is 12.6. The third kappa shape index (κ3) is 3.80. The lowest BCUT2D eigenvalue weighted by atomic mass is 10.2. The number of anilines is 1. The van der Waals surface area contributed by atoms with E-state index in [0.29, 0.717) is 22.3 Å². The SMILES string of the molecule is Cc1ccc(S(=O)(=O)N(C)C)cc1NC(=O)Cn1c(=O)cnc2ccccc21. The van der Waals surface area contributed by atoms with Crippen LogP contribution in [-0.2, 0) is 21.4 Å². The van der Waals surface area contributed by atoms with Crippen molar-refractivity contribution in [1.82, 2.24) is 13.9 Å². The molecule has 0 fully saturated rings. The number of sulfonamides is 1. The standard InChI is InChI=1S/C19H20N4O4S/c1-13-8-9-14(28(26,27)22(2)3)10-16(13)21-18(24)12-23-17-7-5-4-6-15(17)20-11-19(23)25/h4-11H,12H2,1-3H3,(H,21,24). The lowest BCUT2D eigenvalue weighted by Crippen LogP contribution is -2.28. The number of amides is 1. The third-order valence-electron chi connectivity index (χ3n) is 4.32. The van der Waals surface area contributed by atoms with Gasteiger partial charge in [0.1, 0.15) is 6.54 Å². The van der Waals surface area contributed by atoms with E-state index in [1.165, 1.54) is 37.0 Å². The number of hydrogen-bond acceptors (Lipinski definition) is 5. The van der Waals surface area contributed by atoms with Crippen molar-refractivity contribution in [3.8, 4) is 0 Å². The van der Waals surface area contributed by atoms with Gasteiger partial charge < -0.3 is 5.32 Å². The lowest BCUT2D eigenvalue weighted by Gasteiger charge is -2.15. The van der Waals surface area contributed by atoms with E-state index < -0.39 is 21.5 Å². The molecule has 3 aromatic rings. The lowest BCUT2D eigenvalue weighted by molar-refractivity contribution is -0.116. The molecule has 1 heterocycles. The van der Waals surface area contributed by atoms with E-state index in [4.69, 9.17) is 0 Å². The Morgan fingerprint density at radius 1 is 1.18 bits per heavy atom. The zero-order chi connectivity index (χ0) is 20.5. The predicted molar refractivity (Wildman–Crippen MR) is 107 cm³/mol. The molecule has 0 saturated carbocycles. The van der Waals surface area contributed by atoms with Crippen LogP contribution in [0.3, 0.4) is 0 Å². The molecule has 1 N–H and O–H groups in total. The average Bonchev–Trinajstić information content (AvgIpc) is 2.65. The fourth-order valence-corrected chi connectivity index (χ4v) is 3.65. The van der Waals surface area contributed by atoms with E-state index in [1.54, 1.807) is 37.3 Å². The molecule has 0 aliphatic rings. The van der Waals surface area contributed by atoms with Crippen molar-refractivity contribution in [2.75, 3.05) is 19.4 Å². The molecule has 0 radical (unpaired) electrons. The Hall–Kier alpha value is -3.04. The van der Waals surface area contributed by atoms with Gasteiger partial charge in [-0.1, -0.05) is 18.2 Å². The number of rotatable bonds is 5. The van der Waals surface area contributed by atoms with Crippen LogP contribution in [0.4, 0.5) is 5.69 Å². The van der Waals surface area contributed by atoms with Gasteiger partial charge in [0, 0.05) is 19.8 Å². The highest BCUT2D eigenvalue weighted by Crippen LogP contribution is 2.22. The Balaban J connectivity index is 1.91. The van der Waals surface area contributed by atoms with E-state index in [-0.39, 0.29) is 11.4 Å². The molecule has 0 unspecified atom stereocenters. The summed E-state index contributed by atoms with van der Waals surface area (Å²) in [6.07, 6.45) is 1.17. The van der Waals surface area contributed by atoms with Crippen LogP contribution in [0.15, 0.2) is 58.4 Å². The van der Waals surface area contributed by atoms with Crippen LogP contribution >= 0.6 is 0 Å². The quantitative estimate of drug-likeness (QED) is 0.701. The summed E-state index contributed by atoms with van der Waals surface area (Å²) in [4.78, 5) is 28.9. The largest absolute Gasteiger partial charge is 0.324 e. The Morgan fingerprint density at radius 3 is 2.61 bits per heavy atom. The number of aryl methyl sites for hydroxylation is 1. The summed E-state index contributed by atoms with van der Waals surface area (Å²) in [5.41, 5.74) is 1.84. The zero-order valence-electron chi connectivity index (χ0n) is 15.7. The van der Waals surface area contributed by atoms with Crippen LogP contribution in [0.1, 0.15) is 5.56 Å². The first-order valence-electron chi connectivity index (χ1n) is 8.48.